The van der Waals surface area contributed by atoms with E-state index in [1.165, 1.54) is 0 Å². The summed E-state index contributed by atoms with van der Waals surface area (Å²) in [4.78, 5) is 0. The normalized spacial score (nSPS) is 14.1. The Labute approximate surface area is 103 Å². The molecule has 0 aliphatic heterocycles. The van der Waals surface area contributed by atoms with Crippen LogP contribution in [0.1, 0.15) is 13.3 Å². The van der Waals surface area contributed by atoms with Crippen molar-refractivity contribution in [3.8, 4) is 5.75 Å². The first-order valence-electron chi connectivity index (χ1n) is 5.72. The zero-order chi connectivity index (χ0) is 12.7. The van der Waals surface area contributed by atoms with Crippen LogP contribution in [0.25, 0.3) is 0 Å². The topological polar surface area (TPSA) is 50.7 Å². The summed E-state index contributed by atoms with van der Waals surface area (Å²) in [5.41, 5.74) is 0.395. The van der Waals surface area contributed by atoms with Gasteiger partial charge in [-0.15, -0.1) is 0 Å². The maximum Gasteiger partial charge on any atom is 0.141 e. The minimum absolute atomic E-state index is 0.00931. The molecule has 1 aromatic carbocycles. The van der Waals surface area contributed by atoms with Gasteiger partial charge in [0.15, 0.2) is 0 Å². The Morgan fingerprint density at radius 1 is 1.29 bits per heavy atom. The van der Waals surface area contributed by atoms with Gasteiger partial charge >= 0.3 is 0 Å². The average Bonchev–Trinajstić information content (AvgIpc) is 2.38. The van der Waals surface area contributed by atoms with Crippen molar-refractivity contribution in [1.82, 2.24) is 0 Å². The third kappa shape index (κ3) is 3.35. The largest absolute Gasteiger partial charge is 0.495 e. The Balaban J connectivity index is 2.92. The van der Waals surface area contributed by atoms with Crippen LogP contribution in [0, 0.1) is 0 Å². The Morgan fingerprint density at radius 3 is 2.53 bits per heavy atom. The molecule has 0 heterocycles. The summed E-state index contributed by atoms with van der Waals surface area (Å²) >= 11 is 0. The molecule has 4 heteroatoms. The van der Waals surface area contributed by atoms with Crippen molar-refractivity contribution in [2.45, 2.75) is 18.9 Å². The van der Waals surface area contributed by atoms with Crippen LogP contribution in [0.15, 0.2) is 24.3 Å². The summed E-state index contributed by atoms with van der Waals surface area (Å²) < 4.78 is 10.4. The molecule has 1 unspecified atom stereocenters. The van der Waals surface area contributed by atoms with Crippen molar-refractivity contribution < 1.29 is 14.6 Å². The Kier molecular flexibility index (Phi) is 5.25. The molecule has 0 saturated carbocycles. The predicted octanol–water partition coefficient (Wildman–Crippen LogP) is 1.89. The maximum atomic E-state index is 9.55. The fraction of sp³-hybridized carbons (Fsp3) is 0.538. The second-order valence-corrected chi connectivity index (χ2v) is 4.05. The van der Waals surface area contributed by atoms with Gasteiger partial charge in [0.25, 0.3) is 0 Å². The first-order valence-corrected chi connectivity index (χ1v) is 5.72. The number of rotatable bonds is 7. The van der Waals surface area contributed by atoms with Gasteiger partial charge in [-0.05, 0) is 18.6 Å². The average molecular weight is 239 g/mol. The molecule has 0 fully saturated rings. The molecule has 1 atom stereocenters. The van der Waals surface area contributed by atoms with Crippen LogP contribution in [-0.4, -0.2) is 38.1 Å². The maximum absolute atomic E-state index is 9.55. The molecular formula is C13H21NO3. The molecule has 0 saturated heterocycles. The predicted molar refractivity (Wildman–Crippen MR) is 68.6 cm³/mol. The van der Waals surface area contributed by atoms with Gasteiger partial charge in [0.05, 0.1) is 31.5 Å². The summed E-state index contributed by atoms with van der Waals surface area (Å²) in [6.07, 6.45) is 0.759. The van der Waals surface area contributed by atoms with Gasteiger partial charge in [0.2, 0.25) is 0 Å². The molecule has 0 amide bonds. The van der Waals surface area contributed by atoms with E-state index in [-0.39, 0.29) is 6.61 Å². The van der Waals surface area contributed by atoms with E-state index in [4.69, 9.17) is 9.47 Å². The second kappa shape index (κ2) is 6.47. The molecule has 1 aromatic rings. The zero-order valence-electron chi connectivity index (χ0n) is 10.7. The van der Waals surface area contributed by atoms with Gasteiger partial charge in [-0.2, -0.15) is 0 Å². The van der Waals surface area contributed by atoms with Crippen molar-refractivity contribution >= 4 is 5.69 Å². The fourth-order valence-electron chi connectivity index (χ4n) is 1.73. The van der Waals surface area contributed by atoms with E-state index in [9.17, 15) is 5.11 Å². The molecular weight excluding hydrogens is 218 g/mol. The first kappa shape index (κ1) is 13.8. The third-order valence-electron chi connectivity index (χ3n) is 2.91. The van der Waals surface area contributed by atoms with E-state index in [2.05, 4.69) is 5.32 Å². The highest BCUT2D eigenvalue weighted by Gasteiger charge is 2.28. The fourth-order valence-corrected chi connectivity index (χ4v) is 1.73. The smallest absolute Gasteiger partial charge is 0.141 e. The first-order chi connectivity index (χ1) is 8.21. The van der Waals surface area contributed by atoms with Crippen molar-refractivity contribution in [1.29, 1.82) is 0 Å². The van der Waals surface area contributed by atoms with E-state index in [1.54, 1.807) is 14.2 Å². The Hall–Kier alpha value is -1.26. The number of hydrogen-bond acceptors (Lipinski definition) is 4. The molecule has 0 radical (unpaired) electrons. The molecule has 0 spiro atoms. The molecule has 96 valence electrons. The van der Waals surface area contributed by atoms with E-state index in [0.29, 0.717) is 6.61 Å². The third-order valence-corrected chi connectivity index (χ3v) is 2.91. The lowest BCUT2D eigenvalue weighted by Gasteiger charge is -2.32. The molecule has 0 aromatic heterocycles. The van der Waals surface area contributed by atoms with Gasteiger partial charge in [0, 0.05) is 7.11 Å². The van der Waals surface area contributed by atoms with E-state index >= 15 is 0 Å². The number of hydrogen-bond donors (Lipinski definition) is 2. The van der Waals surface area contributed by atoms with Crippen LogP contribution in [0.3, 0.4) is 0 Å². The number of nitrogens with one attached hydrogen (secondary N) is 1. The number of methoxy groups -OCH3 is 2. The van der Waals surface area contributed by atoms with Crippen LogP contribution >= 0.6 is 0 Å². The summed E-state index contributed by atoms with van der Waals surface area (Å²) in [6, 6.07) is 7.64. The van der Waals surface area contributed by atoms with Gasteiger partial charge in [-0.3, -0.25) is 0 Å². The van der Waals surface area contributed by atoms with Crippen LogP contribution < -0.4 is 10.1 Å². The van der Waals surface area contributed by atoms with Crippen LogP contribution in [-0.2, 0) is 4.74 Å². The van der Waals surface area contributed by atoms with Crippen LogP contribution in [0.5, 0.6) is 5.75 Å². The summed E-state index contributed by atoms with van der Waals surface area (Å²) in [5.74, 6) is 0.759. The minimum atomic E-state index is -0.469. The van der Waals surface area contributed by atoms with Crippen molar-refractivity contribution in [3.63, 3.8) is 0 Å². The van der Waals surface area contributed by atoms with E-state index in [1.807, 2.05) is 31.2 Å². The minimum Gasteiger partial charge on any atom is -0.495 e. The highest BCUT2D eigenvalue weighted by Crippen LogP contribution is 2.27. The Bertz CT molecular complexity index is 337. The van der Waals surface area contributed by atoms with Crippen LogP contribution in [0.4, 0.5) is 5.69 Å². The van der Waals surface area contributed by atoms with Crippen molar-refractivity contribution in [3.05, 3.63) is 24.3 Å². The number of ether oxygens (including phenoxy) is 2. The number of para-hydroxylation sites is 2. The lowest BCUT2D eigenvalue weighted by Crippen LogP contribution is -2.45. The molecule has 4 nitrogen and oxygen atoms in total. The van der Waals surface area contributed by atoms with Gasteiger partial charge in [-0.1, -0.05) is 19.1 Å². The number of anilines is 1. The highest BCUT2D eigenvalue weighted by atomic mass is 16.5. The Morgan fingerprint density at radius 2 is 2.00 bits per heavy atom. The molecule has 1 rings (SSSR count). The van der Waals surface area contributed by atoms with Gasteiger partial charge in [0.1, 0.15) is 5.75 Å². The summed E-state index contributed by atoms with van der Waals surface area (Å²) in [6.45, 7) is 2.46. The molecule has 0 aliphatic rings. The molecule has 17 heavy (non-hydrogen) atoms. The van der Waals surface area contributed by atoms with Crippen molar-refractivity contribution in [2.24, 2.45) is 0 Å². The van der Waals surface area contributed by atoms with Crippen molar-refractivity contribution in [2.75, 3.05) is 32.8 Å². The molecule has 0 aliphatic carbocycles. The van der Waals surface area contributed by atoms with Gasteiger partial charge in [-0.25, -0.2) is 0 Å². The summed E-state index contributed by atoms with van der Waals surface area (Å²) in [7, 11) is 3.26. The second-order valence-electron chi connectivity index (χ2n) is 4.05. The number of aliphatic hydroxyl groups excluding tert-OH is 1. The quantitative estimate of drug-likeness (QED) is 0.763. The van der Waals surface area contributed by atoms with Gasteiger partial charge < -0.3 is 19.9 Å². The monoisotopic (exact) mass is 239 g/mol. The van der Waals surface area contributed by atoms with E-state index in [0.717, 1.165) is 17.9 Å². The SMILES string of the molecule is CCC(CO)(COC)Nc1ccccc1OC. The molecule has 2 N–H and O–H groups in total. The lowest BCUT2D eigenvalue weighted by molar-refractivity contribution is 0.0961. The summed E-state index contributed by atoms with van der Waals surface area (Å²) in [5, 5.41) is 12.9. The number of aliphatic hydroxyl groups is 1. The standard InChI is InChI=1S/C13H21NO3/c1-4-13(9-15,10-16-2)14-11-7-5-6-8-12(11)17-3/h5-8,14-15H,4,9-10H2,1-3H3. The van der Waals surface area contributed by atoms with Crippen LogP contribution in [0.2, 0.25) is 0 Å². The zero-order valence-corrected chi connectivity index (χ0v) is 10.7. The van der Waals surface area contributed by atoms with E-state index < -0.39 is 5.54 Å². The molecule has 0 bridgehead atoms. The lowest BCUT2D eigenvalue weighted by atomic mass is 9.97. The highest BCUT2D eigenvalue weighted by molar-refractivity contribution is 5.57. The number of benzene rings is 1.